The summed E-state index contributed by atoms with van der Waals surface area (Å²) in [7, 11) is 0. The SMILES string of the molecule is N#CC(=Cc1cn(-c2ccccc2)nc1-c1ccc(OCc2ccccc2)cc1)C(=O)NCCCn1ccnc1. The van der Waals surface area contributed by atoms with Crippen LogP contribution in [0.5, 0.6) is 5.75 Å². The Morgan fingerprint density at radius 3 is 2.45 bits per heavy atom. The minimum Gasteiger partial charge on any atom is -0.489 e. The molecule has 0 spiro atoms. The van der Waals surface area contributed by atoms with Gasteiger partial charge < -0.3 is 14.6 Å². The Morgan fingerprint density at radius 2 is 1.75 bits per heavy atom. The number of hydrogen-bond acceptors (Lipinski definition) is 5. The molecule has 5 aromatic rings. The molecule has 40 heavy (non-hydrogen) atoms. The van der Waals surface area contributed by atoms with Gasteiger partial charge in [0.1, 0.15) is 24.0 Å². The first kappa shape index (κ1) is 26.2. The lowest BCUT2D eigenvalue weighted by Gasteiger charge is -2.07. The molecule has 198 valence electrons. The Bertz CT molecular complexity index is 1600. The molecular formula is C32H28N6O2. The van der Waals surface area contributed by atoms with Crippen molar-refractivity contribution >= 4 is 12.0 Å². The fraction of sp³-hybridized carbons (Fsp3) is 0.125. The Labute approximate surface area is 232 Å². The van der Waals surface area contributed by atoms with E-state index in [1.165, 1.54) is 0 Å². The average molecular weight is 529 g/mol. The molecule has 0 bridgehead atoms. The van der Waals surface area contributed by atoms with E-state index in [0.29, 0.717) is 24.4 Å². The van der Waals surface area contributed by atoms with Crippen molar-refractivity contribution in [3.63, 3.8) is 0 Å². The number of imidazole rings is 1. The van der Waals surface area contributed by atoms with E-state index in [0.717, 1.165) is 35.5 Å². The maximum atomic E-state index is 12.8. The normalized spacial score (nSPS) is 11.1. The van der Waals surface area contributed by atoms with Gasteiger partial charge in [0.2, 0.25) is 0 Å². The summed E-state index contributed by atoms with van der Waals surface area (Å²) in [6.45, 7) is 1.64. The highest BCUT2D eigenvalue weighted by atomic mass is 16.5. The monoisotopic (exact) mass is 528 g/mol. The lowest BCUT2D eigenvalue weighted by molar-refractivity contribution is -0.117. The maximum Gasteiger partial charge on any atom is 0.261 e. The number of para-hydroxylation sites is 1. The van der Waals surface area contributed by atoms with Crippen molar-refractivity contribution in [1.29, 1.82) is 5.26 Å². The third-order valence-electron chi connectivity index (χ3n) is 6.24. The first-order valence-electron chi connectivity index (χ1n) is 13.0. The van der Waals surface area contributed by atoms with Gasteiger partial charge in [0.25, 0.3) is 5.91 Å². The molecule has 2 heterocycles. The second kappa shape index (κ2) is 12.9. The molecule has 3 aromatic carbocycles. The van der Waals surface area contributed by atoms with Gasteiger partial charge in [0, 0.05) is 42.8 Å². The number of rotatable bonds is 11. The Balaban J connectivity index is 1.35. The molecule has 8 heteroatoms. The molecule has 0 aliphatic heterocycles. The summed E-state index contributed by atoms with van der Waals surface area (Å²) >= 11 is 0. The van der Waals surface area contributed by atoms with Crippen LogP contribution in [0, 0.1) is 11.3 Å². The number of ether oxygens (including phenoxy) is 1. The molecule has 0 fully saturated rings. The minimum absolute atomic E-state index is 0.0132. The van der Waals surface area contributed by atoms with E-state index in [9.17, 15) is 10.1 Å². The molecular weight excluding hydrogens is 500 g/mol. The Hall–Kier alpha value is -5.42. The van der Waals surface area contributed by atoms with Crippen molar-refractivity contribution in [3.05, 3.63) is 127 Å². The van der Waals surface area contributed by atoms with E-state index < -0.39 is 5.91 Å². The largest absolute Gasteiger partial charge is 0.489 e. The van der Waals surface area contributed by atoms with E-state index in [-0.39, 0.29) is 5.57 Å². The Morgan fingerprint density at radius 1 is 1.00 bits per heavy atom. The predicted octanol–water partition coefficient (Wildman–Crippen LogP) is 5.43. The number of nitriles is 1. The number of nitrogens with one attached hydrogen (secondary N) is 1. The lowest BCUT2D eigenvalue weighted by atomic mass is 10.1. The second-order valence-corrected chi connectivity index (χ2v) is 9.09. The number of carbonyl (C=O) groups is 1. The van der Waals surface area contributed by atoms with Crippen LogP contribution in [0.25, 0.3) is 23.0 Å². The summed E-state index contributed by atoms with van der Waals surface area (Å²) in [6, 6.07) is 29.4. The molecule has 1 N–H and O–H groups in total. The van der Waals surface area contributed by atoms with Crippen LogP contribution in [0.15, 0.2) is 115 Å². The van der Waals surface area contributed by atoms with Crippen LogP contribution in [0.3, 0.4) is 0 Å². The van der Waals surface area contributed by atoms with Crippen LogP contribution in [-0.2, 0) is 17.9 Å². The topological polar surface area (TPSA) is 97.8 Å². The zero-order chi connectivity index (χ0) is 27.6. The van der Waals surface area contributed by atoms with Crippen molar-refractivity contribution in [2.75, 3.05) is 6.54 Å². The van der Waals surface area contributed by atoms with E-state index in [4.69, 9.17) is 9.84 Å². The van der Waals surface area contributed by atoms with Gasteiger partial charge in [-0.3, -0.25) is 4.79 Å². The van der Waals surface area contributed by atoms with Crippen molar-refractivity contribution in [1.82, 2.24) is 24.6 Å². The molecule has 0 radical (unpaired) electrons. The van der Waals surface area contributed by atoms with E-state index in [1.54, 1.807) is 23.3 Å². The van der Waals surface area contributed by atoms with Gasteiger partial charge in [0.05, 0.1) is 17.7 Å². The minimum atomic E-state index is -0.420. The summed E-state index contributed by atoms with van der Waals surface area (Å²) in [4.78, 5) is 16.8. The number of aromatic nitrogens is 4. The summed E-state index contributed by atoms with van der Waals surface area (Å²) in [6.07, 6.45) is 9.46. The maximum absolute atomic E-state index is 12.8. The molecule has 0 atom stereocenters. The van der Waals surface area contributed by atoms with Gasteiger partial charge in [-0.05, 0) is 54.5 Å². The standard InChI is InChI=1S/C32H28N6O2/c33-21-27(32(39)35-16-7-18-37-19-17-34-24-37)20-28-22-38(29-10-5-2-6-11-29)36-31(28)26-12-14-30(15-13-26)40-23-25-8-3-1-4-9-25/h1-6,8-15,17,19-20,22,24H,7,16,18,23H2,(H,35,39). The number of aryl methyl sites for hydroxylation is 1. The molecule has 0 saturated carbocycles. The van der Waals surface area contributed by atoms with Crippen molar-refractivity contribution < 1.29 is 9.53 Å². The number of amides is 1. The smallest absolute Gasteiger partial charge is 0.261 e. The fourth-order valence-electron chi connectivity index (χ4n) is 4.16. The molecule has 8 nitrogen and oxygen atoms in total. The van der Waals surface area contributed by atoms with Gasteiger partial charge in [0.15, 0.2) is 0 Å². The van der Waals surface area contributed by atoms with Gasteiger partial charge in [-0.1, -0.05) is 48.5 Å². The van der Waals surface area contributed by atoms with Crippen LogP contribution in [0.2, 0.25) is 0 Å². The molecule has 0 aliphatic carbocycles. The predicted molar refractivity (Wildman–Crippen MR) is 153 cm³/mol. The average Bonchev–Trinajstić information content (AvgIpc) is 3.69. The van der Waals surface area contributed by atoms with Gasteiger partial charge in [-0.2, -0.15) is 10.4 Å². The van der Waals surface area contributed by atoms with E-state index in [1.807, 2.05) is 102 Å². The quantitative estimate of drug-likeness (QED) is 0.140. The third-order valence-corrected chi connectivity index (χ3v) is 6.24. The van der Waals surface area contributed by atoms with Crippen LogP contribution in [0.1, 0.15) is 17.5 Å². The molecule has 0 saturated heterocycles. The lowest BCUT2D eigenvalue weighted by Crippen LogP contribution is -2.26. The first-order chi connectivity index (χ1) is 19.7. The molecule has 0 unspecified atom stereocenters. The Kier molecular flexibility index (Phi) is 8.44. The zero-order valence-electron chi connectivity index (χ0n) is 21.9. The van der Waals surface area contributed by atoms with Crippen molar-refractivity contribution in [3.8, 4) is 28.8 Å². The highest BCUT2D eigenvalue weighted by Crippen LogP contribution is 2.28. The molecule has 0 aliphatic rings. The number of hydrogen-bond donors (Lipinski definition) is 1. The van der Waals surface area contributed by atoms with Crippen LogP contribution >= 0.6 is 0 Å². The van der Waals surface area contributed by atoms with Crippen LogP contribution < -0.4 is 10.1 Å². The van der Waals surface area contributed by atoms with E-state index in [2.05, 4.69) is 16.4 Å². The zero-order valence-corrected chi connectivity index (χ0v) is 21.9. The first-order valence-corrected chi connectivity index (χ1v) is 13.0. The highest BCUT2D eigenvalue weighted by molar-refractivity contribution is 6.02. The van der Waals surface area contributed by atoms with Gasteiger partial charge in [-0.15, -0.1) is 0 Å². The van der Waals surface area contributed by atoms with E-state index >= 15 is 0 Å². The van der Waals surface area contributed by atoms with Crippen molar-refractivity contribution in [2.24, 2.45) is 0 Å². The van der Waals surface area contributed by atoms with Crippen LogP contribution in [0.4, 0.5) is 0 Å². The third kappa shape index (κ3) is 6.71. The summed E-state index contributed by atoms with van der Waals surface area (Å²) < 4.78 is 9.62. The summed E-state index contributed by atoms with van der Waals surface area (Å²) in [5.74, 6) is 0.316. The molecule has 5 rings (SSSR count). The summed E-state index contributed by atoms with van der Waals surface area (Å²) in [5, 5.41) is 17.5. The molecule has 1 amide bonds. The second-order valence-electron chi connectivity index (χ2n) is 9.09. The van der Waals surface area contributed by atoms with Gasteiger partial charge in [-0.25, -0.2) is 9.67 Å². The van der Waals surface area contributed by atoms with Gasteiger partial charge >= 0.3 is 0 Å². The molecule has 2 aromatic heterocycles. The number of nitrogens with zero attached hydrogens (tertiary/aromatic N) is 5. The fourth-order valence-corrected chi connectivity index (χ4v) is 4.16. The number of carbonyl (C=O) groups excluding carboxylic acids is 1. The van der Waals surface area contributed by atoms with Crippen LogP contribution in [-0.4, -0.2) is 31.8 Å². The summed E-state index contributed by atoms with van der Waals surface area (Å²) in [5.41, 5.74) is 4.12. The van der Waals surface area contributed by atoms with Crippen molar-refractivity contribution in [2.45, 2.75) is 19.6 Å². The highest BCUT2D eigenvalue weighted by Gasteiger charge is 2.15. The number of benzene rings is 3.